The van der Waals surface area contributed by atoms with Crippen LogP contribution in [0.5, 0.6) is 0 Å². The number of carbonyl (C=O) groups is 2. The maximum Gasteiger partial charge on any atom is 0.261 e. The van der Waals surface area contributed by atoms with Crippen molar-refractivity contribution in [3.8, 4) is 0 Å². The second-order valence-corrected chi connectivity index (χ2v) is 6.91. The summed E-state index contributed by atoms with van der Waals surface area (Å²) >= 11 is 5.87. The summed E-state index contributed by atoms with van der Waals surface area (Å²) in [4.78, 5) is 31.1. The topological polar surface area (TPSA) is 79.6 Å². The molecule has 1 atom stereocenters. The van der Waals surface area contributed by atoms with Crippen LogP contribution in [0.15, 0.2) is 42.7 Å². The highest BCUT2D eigenvalue weighted by Crippen LogP contribution is 2.27. The van der Waals surface area contributed by atoms with Crippen LogP contribution in [0, 0.1) is 0 Å². The van der Waals surface area contributed by atoms with Crippen molar-refractivity contribution in [2.24, 2.45) is 0 Å². The lowest BCUT2D eigenvalue weighted by atomic mass is 10.0. The van der Waals surface area contributed by atoms with Gasteiger partial charge < -0.3 is 10.2 Å². The fourth-order valence-electron chi connectivity index (χ4n) is 3.28. The van der Waals surface area contributed by atoms with E-state index in [4.69, 9.17) is 11.6 Å². The molecule has 1 unspecified atom stereocenters. The summed E-state index contributed by atoms with van der Waals surface area (Å²) in [5.74, 6) is -0.127. The van der Waals surface area contributed by atoms with Gasteiger partial charge in [-0.3, -0.25) is 9.59 Å². The molecule has 138 valence electrons. The maximum atomic E-state index is 12.7. The second kappa shape index (κ2) is 7.00. The number of rotatable bonds is 4. The molecule has 0 aliphatic carbocycles. The minimum Gasteiger partial charge on any atom is -0.342 e. The molecule has 0 bridgehead atoms. The standard InChI is InChI=1S/C19H18ClN5O2/c1-2-24-11-12(9-17(24)26)16-7-8-25-18(23-16)15(10-21-25)19(27)22-14-5-3-13(20)4-6-14/h3-8,10,12H,2,9,11H2,1H3,(H,22,27). The predicted octanol–water partition coefficient (Wildman–Crippen LogP) is 2.97. The number of benzene rings is 1. The van der Waals surface area contributed by atoms with Gasteiger partial charge in [-0.05, 0) is 37.3 Å². The van der Waals surface area contributed by atoms with E-state index in [0.717, 1.165) is 5.69 Å². The van der Waals surface area contributed by atoms with Crippen molar-refractivity contribution in [1.29, 1.82) is 0 Å². The average Bonchev–Trinajstić information content (AvgIpc) is 3.26. The van der Waals surface area contributed by atoms with Crippen molar-refractivity contribution in [2.75, 3.05) is 18.4 Å². The van der Waals surface area contributed by atoms with Crippen molar-refractivity contribution in [3.05, 3.63) is 59.0 Å². The lowest BCUT2D eigenvalue weighted by Crippen LogP contribution is -2.24. The Morgan fingerprint density at radius 2 is 2.07 bits per heavy atom. The van der Waals surface area contributed by atoms with E-state index in [1.54, 1.807) is 35.0 Å². The van der Waals surface area contributed by atoms with E-state index in [1.165, 1.54) is 6.20 Å². The van der Waals surface area contributed by atoms with Crippen molar-refractivity contribution in [2.45, 2.75) is 19.3 Å². The number of hydrogen-bond donors (Lipinski definition) is 1. The molecule has 1 aliphatic rings. The van der Waals surface area contributed by atoms with E-state index in [0.29, 0.717) is 41.4 Å². The normalized spacial score (nSPS) is 16.9. The third-order valence-corrected chi connectivity index (χ3v) is 5.00. The van der Waals surface area contributed by atoms with Crippen LogP contribution in [0.4, 0.5) is 5.69 Å². The molecule has 7 nitrogen and oxygen atoms in total. The number of halogens is 1. The Bertz CT molecular complexity index is 1010. The molecule has 1 fully saturated rings. The van der Waals surface area contributed by atoms with E-state index in [9.17, 15) is 9.59 Å². The van der Waals surface area contributed by atoms with Gasteiger partial charge >= 0.3 is 0 Å². The first-order valence-corrected chi connectivity index (χ1v) is 9.12. The Morgan fingerprint density at radius 3 is 2.78 bits per heavy atom. The van der Waals surface area contributed by atoms with Gasteiger partial charge in [0.1, 0.15) is 5.56 Å². The molecule has 3 heterocycles. The Balaban J connectivity index is 1.61. The van der Waals surface area contributed by atoms with Crippen LogP contribution >= 0.6 is 11.6 Å². The molecular formula is C19H18ClN5O2. The van der Waals surface area contributed by atoms with Crippen molar-refractivity contribution >= 4 is 34.7 Å². The summed E-state index contributed by atoms with van der Waals surface area (Å²) in [5, 5.41) is 7.63. The van der Waals surface area contributed by atoms with Crippen molar-refractivity contribution in [1.82, 2.24) is 19.5 Å². The van der Waals surface area contributed by atoms with Crippen LogP contribution in [-0.2, 0) is 4.79 Å². The summed E-state index contributed by atoms with van der Waals surface area (Å²) in [7, 11) is 0. The smallest absolute Gasteiger partial charge is 0.261 e. The van der Waals surface area contributed by atoms with Gasteiger partial charge in [0, 0.05) is 48.0 Å². The zero-order valence-corrected chi connectivity index (χ0v) is 15.5. The number of fused-ring (bicyclic) bond motifs is 1. The summed E-state index contributed by atoms with van der Waals surface area (Å²) in [6.45, 7) is 3.31. The molecule has 4 rings (SSSR count). The summed E-state index contributed by atoms with van der Waals surface area (Å²) in [6.07, 6.45) is 3.71. The lowest BCUT2D eigenvalue weighted by Gasteiger charge is -2.13. The molecule has 1 aliphatic heterocycles. The van der Waals surface area contributed by atoms with Gasteiger partial charge in [0.05, 0.1) is 6.20 Å². The molecular weight excluding hydrogens is 366 g/mol. The van der Waals surface area contributed by atoms with Gasteiger partial charge in [-0.2, -0.15) is 5.10 Å². The van der Waals surface area contributed by atoms with Gasteiger partial charge in [0.15, 0.2) is 5.65 Å². The van der Waals surface area contributed by atoms with E-state index < -0.39 is 0 Å². The zero-order chi connectivity index (χ0) is 19.0. The molecule has 0 radical (unpaired) electrons. The number of hydrogen-bond acceptors (Lipinski definition) is 4. The van der Waals surface area contributed by atoms with Crippen molar-refractivity contribution in [3.63, 3.8) is 0 Å². The average molecular weight is 384 g/mol. The molecule has 8 heteroatoms. The number of amides is 2. The number of likely N-dealkylation sites (N-methyl/N-ethyl adjacent to an activating group) is 1. The fraction of sp³-hybridized carbons (Fsp3) is 0.263. The molecule has 27 heavy (non-hydrogen) atoms. The molecule has 2 aromatic heterocycles. The van der Waals surface area contributed by atoms with E-state index in [1.807, 2.05) is 17.9 Å². The molecule has 2 amide bonds. The first-order chi connectivity index (χ1) is 13.0. The molecule has 0 spiro atoms. The van der Waals surface area contributed by atoms with Crippen LogP contribution in [0.3, 0.4) is 0 Å². The van der Waals surface area contributed by atoms with E-state index >= 15 is 0 Å². The summed E-state index contributed by atoms with van der Waals surface area (Å²) < 4.78 is 1.56. The Morgan fingerprint density at radius 1 is 1.30 bits per heavy atom. The molecule has 3 aromatic rings. The monoisotopic (exact) mass is 383 g/mol. The number of nitrogens with zero attached hydrogens (tertiary/aromatic N) is 4. The largest absolute Gasteiger partial charge is 0.342 e. The number of likely N-dealkylation sites (tertiary alicyclic amines) is 1. The van der Waals surface area contributed by atoms with Crippen LogP contribution in [0.1, 0.15) is 35.3 Å². The summed E-state index contributed by atoms with van der Waals surface area (Å²) in [6, 6.07) is 8.74. The fourth-order valence-corrected chi connectivity index (χ4v) is 3.40. The first kappa shape index (κ1) is 17.5. The van der Waals surface area contributed by atoms with Crippen molar-refractivity contribution < 1.29 is 9.59 Å². The Labute approximate surface area is 160 Å². The Kier molecular flexibility index (Phi) is 4.53. The molecule has 1 aromatic carbocycles. The SMILES string of the molecule is CCN1CC(c2ccn3ncc(C(=O)Nc4ccc(Cl)cc4)c3n2)CC1=O. The van der Waals surface area contributed by atoms with Crippen LogP contribution < -0.4 is 5.32 Å². The van der Waals surface area contributed by atoms with E-state index in [-0.39, 0.29) is 17.7 Å². The number of carbonyl (C=O) groups excluding carboxylic acids is 2. The molecule has 0 saturated carbocycles. The van der Waals surface area contributed by atoms with E-state index in [2.05, 4.69) is 15.4 Å². The quantitative estimate of drug-likeness (QED) is 0.751. The van der Waals surface area contributed by atoms with Gasteiger partial charge in [0.25, 0.3) is 5.91 Å². The highest BCUT2D eigenvalue weighted by molar-refractivity contribution is 6.30. The Hall–Kier alpha value is -2.93. The number of nitrogens with one attached hydrogen (secondary N) is 1. The predicted molar refractivity (Wildman–Crippen MR) is 102 cm³/mol. The number of aromatic nitrogens is 3. The van der Waals surface area contributed by atoms with Gasteiger partial charge in [-0.1, -0.05) is 11.6 Å². The van der Waals surface area contributed by atoms with Gasteiger partial charge in [-0.15, -0.1) is 0 Å². The van der Waals surface area contributed by atoms with Crippen LogP contribution in [0.2, 0.25) is 5.02 Å². The van der Waals surface area contributed by atoms with Gasteiger partial charge in [0.2, 0.25) is 5.91 Å². The third-order valence-electron chi connectivity index (χ3n) is 4.75. The molecule has 1 N–H and O–H groups in total. The van der Waals surface area contributed by atoms with Crippen LogP contribution in [0.25, 0.3) is 5.65 Å². The highest BCUT2D eigenvalue weighted by Gasteiger charge is 2.30. The third kappa shape index (κ3) is 3.38. The lowest BCUT2D eigenvalue weighted by molar-refractivity contribution is -0.127. The second-order valence-electron chi connectivity index (χ2n) is 6.47. The summed E-state index contributed by atoms with van der Waals surface area (Å²) in [5.41, 5.74) is 2.29. The minimum atomic E-state index is -0.297. The molecule has 1 saturated heterocycles. The highest BCUT2D eigenvalue weighted by atomic mass is 35.5. The minimum absolute atomic E-state index is 0.0320. The zero-order valence-electron chi connectivity index (χ0n) is 14.7. The van der Waals surface area contributed by atoms with Crippen LogP contribution in [-0.4, -0.2) is 44.4 Å². The number of anilines is 1. The maximum absolute atomic E-state index is 12.7. The van der Waals surface area contributed by atoms with Gasteiger partial charge in [-0.25, -0.2) is 9.50 Å². The first-order valence-electron chi connectivity index (χ1n) is 8.74.